The molecule has 0 aliphatic heterocycles. The minimum Gasteiger partial charge on any atom is -0.459 e. The van der Waals surface area contributed by atoms with E-state index in [0.29, 0.717) is 12.8 Å². The third kappa shape index (κ3) is 2.60. The molecule has 0 amide bonds. The van der Waals surface area contributed by atoms with Gasteiger partial charge >= 0.3 is 5.97 Å². The molecule has 2 bridgehead atoms. The van der Waals surface area contributed by atoms with Gasteiger partial charge in [-0.1, -0.05) is 20.8 Å². The van der Waals surface area contributed by atoms with Gasteiger partial charge in [-0.05, 0) is 45.4 Å². The Labute approximate surface area is 183 Å². The highest BCUT2D eigenvalue weighted by Gasteiger charge is 2.80. The van der Waals surface area contributed by atoms with Crippen LogP contribution in [0.15, 0.2) is 0 Å². The number of rotatable bonds is 2. The summed E-state index contributed by atoms with van der Waals surface area (Å²) < 4.78 is 5.77. The standard InChI is InChI=1S/C23H38O8/c1-6-15(25)31-18-17(27)23(30)13(9-14(24)19(23,2)3)21(5,29)12-8-7-11-16(26)22(12,18)10-20(11,4)28/h11-14,16-18,24,26-30H,6-10H2,1-5H3/t11-,12+,13+,14+,16-,17-,18-,20-,21-,22-,23+/m1/s1. The Kier molecular flexibility index (Phi) is 5.01. The highest BCUT2D eigenvalue weighted by Crippen LogP contribution is 2.70. The Balaban J connectivity index is 1.99. The number of esters is 1. The molecule has 1 spiro atoms. The lowest BCUT2D eigenvalue weighted by atomic mass is 9.56. The molecular weight excluding hydrogens is 404 g/mol. The maximum absolute atomic E-state index is 12.5. The summed E-state index contributed by atoms with van der Waals surface area (Å²) in [6.45, 7) is 8.09. The van der Waals surface area contributed by atoms with Gasteiger partial charge in [0.2, 0.25) is 0 Å². The number of hydrogen-bond donors (Lipinski definition) is 6. The Morgan fingerprint density at radius 3 is 2.16 bits per heavy atom. The maximum Gasteiger partial charge on any atom is 0.305 e. The number of fused-ring (bicyclic) bond motifs is 2. The molecule has 0 aromatic rings. The predicted molar refractivity (Wildman–Crippen MR) is 110 cm³/mol. The predicted octanol–water partition coefficient (Wildman–Crippen LogP) is 0.1000. The van der Waals surface area contributed by atoms with E-state index < -0.39 is 75.8 Å². The molecule has 4 fully saturated rings. The van der Waals surface area contributed by atoms with E-state index in [1.54, 1.807) is 34.6 Å². The molecule has 8 nitrogen and oxygen atoms in total. The van der Waals surface area contributed by atoms with Crippen molar-refractivity contribution >= 4 is 5.97 Å². The third-order valence-electron chi connectivity index (χ3n) is 9.89. The van der Waals surface area contributed by atoms with Crippen molar-refractivity contribution in [2.24, 2.45) is 28.6 Å². The van der Waals surface area contributed by atoms with Gasteiger partial charge in [0, 0.05) is 29.1 Å². The second-order valence-corrected chi connectivity index (χ2v) is 11.6. The second-order valence-electron chi connectivity index (χ2n) is 11.6. The van der Waals surface area contributed by atoms with Crippen LogP contribution in [0.25, 0.3) is 0 Å². The van der Waals surface area contributed by atoms with Gasteiger partial charge in [0.25, 0.3) is 0 Å². The van der Waals surface area contributed by atoms with Crippen molar-refractivity contribution in [1.82, 2.24) is 0 Å². The van der Waals surface area contributed by atoms with E-state index in [9.17, 15) is 35.4 Å². The van der Waals surface area contributed by atoms with Crippen molar-refractivity contribution in [2.45, 2.75) is 108 Å². The first-order chi connectivity index (χ1) is 14.1. The molecule has 0 aromatic carbocycles. The first-order valence-electron chi connectivity index (χ1n) is 11.5. The van der Waals surface area contributed by atoms with Crippen LogP contribution < -0.4 is 0 Å². The molecule has 178 valence electrons. The summed E-state index contributed by atoms with van der Waals surface area (Å²) in [5, 5.41) is 69.1. The van der Waals surface area contributed by atoms with Gasteiger partial charge in [-0.2, -0.15) is 0 Å². The first kappa shape index (κ1) is 23.4. The van der Waals surface area contributed by atoms with Crippen LogP contribution in [0, 0.1) is 28.6 Å². The molecule has 6 N–H and O–H groups in total. The molecule has 0 heterocycles. The Bertz CT molecular complexity index is 763. The fraction of sp³-hybridized carbons (Fsp3) is 0.957. The lowest BCUT2D eigenvalue weighted by molar-refractivity contribution is -0.231. The second kappa shape index (κ2) is 6.64. The third-order valence-corrected chi connectivity index (χ3v) is 9.89. The van der Waals surface area contributed by atoms with E-state index in [1.165, 1.54) is 0 Å². The van der Waals surface area contributed by atoms with Crippen LogP contribution in [0.3, 0.4) is 0 Å². The average Bonchev–Trinajstić information content (AvgIpc) is 2.90. The molecule has 31 heavy (non-hydrogen) atoms. The number of aliphatic hydroxyl groups excluding tert-OH is 3. The minimum absolute atomic E-state index is 0.0250. The largest absolute Gasteiger partial charge is 0.459 e. The minimum atomic E-state index is -1.98. The number of ether oxygens (including phenoxy) is 1. The zero-order valence-electron chi connectivity index (χ0n) is 19.1. The molecule has 4 saturated carbocycles. The molecule has 11 atom stereocenters. The van der Waals surface area contributed by atoms with E-state index in [0.717, 1.165) is 0 Å². The van der Waals surface area contributed by atoms with E-state index in [-0.39, 0.29) is 19.3 Å². The summed E-state index contributed by atoms with van der Waals surface area (Å²) in [5.74, 6) is -2.68. The summed E-state index contributed by atoms with van der Waals surface area (Å²) in [6.07, 6.45) is -4.13. The Morgan fingerprint density at radius 2 is 1.58 bits per heavy atom. The fourth-order valence-electron chi connectivity index (χ4n) is 8.14. The van der Waals surface area contributed by atoms with E-state index in [1.807, 2.05) is 0 Å². The van der Waals surface area contributed by atoms with Crippen molar-refractivity contribution in [2.75, 3.05) is 0 Å². The molecular formula is C23H38O8. The van der Waals surface area contributed by atoms with Gasteiger partial charge in [0.1, 0.15) is 17.8 Å². The number of hydrogen-bond acceptors (Lipinski definition) is 8. The lowest BCUT2D eigenvalue weighted by Gasteiger charge is -2.52. The van der Waals surface area contributed by atoms with E-state index in [4.69, 9.17) is 4.74 Å². The Morgan fingerprint density at radius 1 is 0.968 bits per heavy atom. The molecule has 0 saturated heterocycles. The molecule has 8 heteroatoms. The van der Waals surface area contributed by atoms with Gasteiger partial charge in [0.15, 0.2) is 0 Å². The van der Waals surface area contributed by atoms with Crippen LogP contribution in [-0.4, -0.2) is 77.8 Å². The van der Waals surface area contributed by atoms with E-state index in [2.05, 4.69) is 0 Å². The normalized spacial score (nSPS) is 57.7. The highest BCUT2D eigenvalue weighted by atomic mass is 16.6. The number of aliphatic hydroxyl groups is 6. The van der Waals surface area contributed by atoms with Crippen LogP contribution in [0.2, 0.25) is 0 Å². The summed E-state index contributed by atoms with van der Waals surface area (Å²) in [5.41, 5.74) is -7.40. The van der Waals surface area contributed by atoms with Crippen LogP contribution in [0.1, 0.15) is 66.7 Å². The highest BCUT2D eigenvalue weighted by molar-refractivity contribution is 5.69. The smallest absolute Gasteiger partial charge is 0.305 e. The number of carbonyl (C=O) groups excluding carboxylic acids is 1. The zero-order chi connectivity index (χ0) is 23.4. The summed E-state index contributed by atoms with van der Waals surface area (Å²) in [7, 11) is 0. The summed E-state index contributed by atoms with van der Waals surface area (Å²) in [4.78, 5) is 12.5. The van der Waals surface area contributed by atoms with Crippen LogP contribution in [-0.2, 0) is 9.53 Å². The van der Waals surface area contributed by atoms with Crippen molar-refractivity contribution in [3.63, 3.8) is 0 Å². The van der Waals surface area contributed by atoms with Gasteiger partial charge < -0.3 is 35.4 Å². The van der Waals surface area contributed by atoms with Crippen LogP contribution in [0.5, 0.6) is 0 Å². The summed E-state index contributed by atoms with van der Waals surface area (Å²) >= 11 is 0. The molecule has 4 rings (SSSR count). The topological polar surface area (TPSA) is 148 Å². The van der Waals surface area contributed by atoms with Crippen LogP contribution >= 0.6 is 0 Å². The van der Waals surface area contributed by atoms with Gasteiger partial charge in [0.05, 0.1) is 23.4 Å². The summed E-state index contributed by atoms with van der Waals surface area (Å²) in [6, 6.07) is 0. The Hall–Kier alpha value is -0.770. The molecule has 4 aliphatic rings. The first-order valence-corrected chi connectivity index (χ1v) is 11.5. The van der Waals surface area contributed by atoms with Crippen LogP contribution in [0.4, 0.5) is 0 Å². The fourth-order valence-corrected chi connectivity index (χ4v) is 8.14. The molecule has 0 unspecified atom stereocenters. The van der Waals surface area contributed by atoms with Gasteiger partial charge in [-0.3, -0.25) is 4.79 Å². The van der Waals surface area contributed by atoms with E-state index >= 15 is 0 Å². The van der Waals surface area contributed by atoms with Gasteiger partial charge in [-0.15, -0.1) is 0 Å². The van der Waals surface area contributed by atoms with Gasteiger partial charge in [-0.25, -0.2) is 0 Å². The average molecular weight is 443 g/mol. The SMILES string of the molecule is CCC(=O)O[C@@H]1[C@@H](O)[C@@]2(O)[C@@H](C[C@H](O)C2(C)C)[C@](C)(O)[C@@H]2CC[C@@H]3[C@@H](O)[C@]12C[C@@]3(C)O. The monoisotopic (exact) mass is 442 g/mol. The molecule has 0 aromatic heterocycles. The quantitative estimate of drug-likeness (QED) is 0.330. The number of carbonyl (C=O) groups is 1. The maximum atomic E-state index is 12.5. The van der Waals surface area contributed by atoms with Crippen molar-refractivity contribution in [3.8, 4) is 0 Å². The lowest BCUT2D eigenvalue weighted by Crippen LogP contribution is -2.64. The van der Waals surface area contributed by atoms with Crippen molar-refractivity contribution in [3.05, 3.63) is 0 Å². The zero-order valence-corrected chi connectivity index (χ0v) is 19.1. The van der Waals surface area contributed by atoms with Crippen molar-refractivity contribution < 1.29 is 40.2 Å². The molecule has 4 aliphatic carbocycles. The molecule has 0 radical (unpaired) electrons. The van der Waals surface area contributed by atoms with Crippen molar-refractivity contribution in [1.29, 1.82) is 0 Å².